The Bertz CT molecular complexity index is 87.6. The Kier molecular flexibility index (Phi) is 9.38. The zero-order chi connectivity index (χ0) is 8.53. The average Bonchev–Trinajstić information content (AvgIpc) is 2.11. The molecular formula is C9H15BrZn. The van der Waals surface area contributed by atoms with Gasteiger partial charge in [-0.15, -0.1) is 0 Å². The van der Waals surface area contributed by atoms with E-state index < -0.39 is 0 Å². The van der Waals surface area contributed by atoms with Gasteiger partial charge >= 0.3 is 30.0 Å². The van der Waals surface area contributed by atoms with E-state index in [0.717, 1.165) is 5.92 Å². The SMILES string of the molecule is C=C[CH-]C1CCCCC1.[Zn+][Br]. The van der Waals surface area contributed by atoms with Gasteiger partial charge in [0.2, 0.25) is 0 Å². The van der Waals surface area contributed by atoms with Crippen LogP contribution in [0.15, 0.2) is 12.7 Å². The van der Waals surface area contributed by atoms with Crippen LogP contribution >= 0.6 is 13.6 Å². The molecule has 11 heavy (non-hydrogen) atoms. The molecule has 0 N–H and O–H groups in total. The third kappa shape index (κ3) is 5.93. The van der Waals surface area contributed by atoms with Gasteiger partial charge in [0.25, 0.3) is 0 Å². The summed E-state index contributed by atoms with van der Waals surface area (Å²) in [6, 6.07) is 0. The van der Waals surface area contributed by atoms with Crippen LogP contribution in [0.3, 0.4) is 0 Å². The van der Waals surface area contributed by atoms with Crippen LogP contribution in [0.2, 0.25) is 0 Å². The van der Waals surface area contributed by atoms with Crippen LogP contribution in [0.25, 0.3) is 0 Å². The van der Waals surface area contributed by atoms with Crippen molar-refractivity contribution in [3.8, 4) is 0 Å². The summed E-state index contributed by atoms with van der Waals surface area (Å²) < 4.78 is 0. The van der Waals surface area contributed by atoms with Gasteiger partial charge in [0.05, 0.1) is 0 Å². The summed E-state index contributed by atoms with van der Waals surface area (Å²) in [7, 11) is 0. The second-order valence-corrected chi connectivity index (χ2v) is 2.83. The summed E-state index contributed by atoms with van der Waals surface area (Å²) >= 11 is 4.25. The fraction of sp³-hybridized carbons (Fsp3) is 0.667. The second kappa shape index (κ2) is 8.81. The van der Waals surface area contributed by atoms with Gasteiger partial charge in [-0.1, -0.05) is 38.0 Å². The summed E-state index contributed by atoms with van der Waals surface area (Å²) in [4.78, 5) is 0. The molecule has 0 aromatic heterocycles. The third-order valence-electron chi connectivity index (χ3n) is 2.06. The molecule has 0 nitrogen and oxygen atoms in total. The van der Waals surface area contributed by atoms with Gasteiger partial charge in [-0.05, 0) is 0 Å². The van der Waals surface area contributed by atoms with Crippen LogP contribution in [0.5, 0.6) is 0 Å². The fourth-order valence-electron chi connectivity index (χ4n) is 1.52. The van der Waals surface area contributed by atoms with E-state index in [1.165, 1.54) is 48.4 Å². The Labute approximate surface area is 86.9 Å². The molecule has 2 heteroatoms. The first-order valence-corrected chi connectivity index (χ1v) is 11.1. The van der Waals surface area contributed by atoms with Crippen molar-refractivity contribution >= 4 is 13.6 Å². The van der Waals surface area contributed by atoms with Gasteiger partial charge in [-0.3, -0.25) is 0 Å². The Morgan fingerprint density at radius 2 is 1.82 bits per heavy atom. The van der Waals surface area contributed by atoms with Gasteiger partial charge in [0.15, 0.2) is 0 Å². The minimum absolute atomic E-state index is 0.858. The molecule has 0 saturated heterocycles. The van der Waals surface area contributed by atoms with Gasteiger partial charge in [0, 0.05) is 0 Å². The van der Waals surface area contributed by atoms with Gasteiger partial charge in [-0.25, -0.2) is 19.1 Å². The van der Waals surface area contributed by atoms with E-state index in [9.17, 15) is 0 Å². The average molecular weight is 269 g/mol. The van der Waals surface area contributed by atoms with Crippen LogP contribution in [0.1, 0.15) is 32.1 Å². The maximum absolute atomic E-state index is 3.70. The Morgan fingerprint density at radius 1 is 1.27 bits per heavy atom. The fourth-order valence-corrected chi connectivity index (χ4v) is 1.52. The Morgan fingerprint density at radius 3 is 2.27 bits per heavy atom. The normalized spacial score (nSPS) is 18.1. The summed E-state index contributed by atoms with van der Waals surface area (Å²) in [5.74, 6) is 0.858. The molecule has 0 aromatic rings. The number of halogens is 1. The number of rotatable bonds is 2. The van der Waals surface area contributed by atoms with E-state index in [1.807, 2.05) is 6.08 Å². The Hall–Kier alpha value is 0.713. The van der Waals surface area contributed by atoms with Crippen LogP contribution in [0.4, 0.5) is 0 Å². The van der Waals surface area contributed by atoms with Gasteiger partial charge < -0.3 is 0 Å². The van der Waals surface area contributed by atoms with Crippen molar-refractivity contribution in [1.29, 1.82) is 0 Å². The molecule has 1 rings (SSSR count). The topological polar surface area (TPSA) is 0 Å². The monoisotopic (exact) mass is 266 g/mol. The Balaban J connectivity index is 0.000000461. The summed E-state index contributed by atoms with van der Waals surface area (Å²) in [5.41, 5.74) is 0. The molecule has 1 fully saturated rings. The summed E-state index contributed by atoms with van der Waals surface area (Å²) in [5, 5.41) is 0. The van der Waals surface area contributed by atoms with Crippen molar-refractivity contribution in [1.82, 2.24) is 0 Å². The van der Waals surface area contributed by atoms with Crippen LogP contribution in [-0.4, -0.2) is 0 Å². The van der Waals surface area contributed by atoms with Crippen molar-refractivity contribution in [2.45, 2.75) is 32.1 Å². The van der Waals surface area contributed by atoms with Crippen molar-refractivity contribution in [2.24, 2.45) is 5.92 Å². The molecule has 0 aromatic carbocycles. The molecule has 0 radical (unpaired) electrons. The standard InChI is InChI=1S/C9H15.BrH.Zn/c1-2-6-9-7-4-3-5-8-9;;/h2,6,9H,1,3-5,7-8H2;1H;/q-1;;+2/p-1. The molecule has 0 aliphatic heterocycles. The minimum atomic E-state index is 0.858. The van der Waals surface area contributed by atoms with E-state index in [2.05, 4.69) is 26.6 Å². The number of allylic oxidation sites excluding steroid dienone is 1. The first kappa shape index (κ1) is 11.7. The van der Waals surface area contributed by atoms with E-state index >= 15 is 0 Å². The first-order valence-electron chi connectivity index (χ1n) is 4.16. The van der Waals surface area contributed by atoms with E-state index in [0.29, 0.717) is 0 Å². The van der Waals surface area contributed by atoms with Crippen molar-refractivity contribution in [3.05, 3.63) is 19.1 Å². The van der Waals surface area contributed by atoms with Crippen molar-refractivity contribution in [2.75, 3.05) is 0 Å². The third-order valence-corrected chi connectivity index (χ3v) is 2.06. The molecule has 1 saturated carbocycles. The van der Waals surface area contributed by atoms with Crippen LogP contribution in [0, 0.1) is 12.3 Å². The number of hydrogen-bond acceptors (Lipinski definition) is 0. The van der Waals surface area contributed by atoms with Gasteiger partial charge in [-0.2, -0.15) is 0 Å². The predicted octanol–water partition coefficient (Wildman–Crippen LogP) is 3.80. The molecule has 0 unspecified atom stereocenters. The molecular weight excluding hydrogens is 253 g/mol. The zero-order valence-electron chi connectivity index (χ0n) is 7.06. The molecule has 0 bridgehead atoms. The molecule has 60 valence electrons. The molecule has 1 aliphatic carbocycles. The molecule has 0 atom stereocenters. The van der Waals surface area contributed by atoms with Crippen molar-refractivity contribution < 1.29 is 16.3 Å². The summed E-state index contributed by atoms with van der Waals surface area (Å²) in [6.45, 7) is 3.70. The van der Waals surface area contributed by atoms with E-state index in [1.54, 1.807) is 0 Å². The summed E-state index contributed by atoms with van der Waals surface area (Å²) in [6.07, 6.45) is 11.3. The number of hydrogen-bond donors (Lipinski definition) is 0. The molecule has 0 spiro atoms. The van der Waals surface area contributed by atoms with Crippen molar-refractivity contribution in [3.63, 3.8) is 0 Å². The molecule has 0 amide bonds. The van der Waals surface area contributed by atoms with Gasteiger partial charge in [0.1, 0.15) is 0 Å². The zero-order valence-corrected chi connectivity index (χ0v) is 11.6. The van der Waals surface area contributed by atoms with Crippen LogP contribution in [-0.2, 0) is 16.3 Å². The van der Waals surface area contributed by atoms with Crippen LogP contribution < -0.4 is 0 Å². The van der Waals surface area contributed by atoms with E-state index in [4.69, 9.17) is 0 Å². The molecule has 1 aliphatic rings. The quantitative estimate of drug-likeness (QED) is 0.528. The second-order valence-electron chi connectivity index (χ2n) is 2.83. The molecule has 0 heterocycles. The van der Waals surface area contributed by atoms with E-state index in [-0.39, 0.29) is 0 Å². The first-order chi connectivity index (χ1) is 5.43. The predicted molar refractivity (Wildman–Crippen MR) is 50.0 cm³/mol. The maximum atomic E-state index is 3.70.